The van der Waals surface area contributed by atoms with Crippen LogP contribution in [0.15, 0.2) is 23.2 Å². The lowest BCUT2D eigenvalue weighted by molar-refractivity contribution is 0.255. The van der Waals surface area contributed by atoms with Crippen molar-refractivity contribution < 1.29 is 9.18 Å². The van der Waals surface area contributed by atoms with Gasteiger partial charge in [-0.2, -0.15) is 4.99 Å². The Morgan fingerprint density at radius 3 is 2.67 bits per heavy atom. The Labute approximate surface area is 87.8 Å². The number of isocyanates is 1. The number of hydrogen-bond acceptors (Lipinski definition) is 2. The Hall–Kier alpha value is -1.47. The standard InChI is InChI=1S/C12H12FNO/c1-9-7-10(3-4-11(9)13)12(14-8-15)5-2-6-12/h3-4,7H,2,5-6H2,1H3. The van der Waals surface area contributed by atoms with Gasteiger partial charge in [0.25, 0.3) is 0 Å². The first-order valence-electron chi connectivity index (χ1n) is 5.04. The molecule has 1 aromatic carbocycles. The van der Waals surface area contributed by atoms with E-state index in [0.717, 1.165) is 24.8 Å². The van der Waals surface area contributed by atoms with Crippen LogP contribution in [0.5, 0.6) is 0 Å². The van der Waals surface area contributed by atoms with Crippen molar-refractivity contribution in [1.82, 2.24) is 0 Å². The molecule has 1 aliphatic rings. The summed E-state index contributed by atoms with van der Waals surface area (Å²) in [6, 6.07) is 4.92. The molecule has 1 aromatic rings. The van der Waals surface area contributed by atoms with Gasteiger partial charge < -0.3 is 0 Å². The van der Waals surface area contributed by atoms with Crippen molar-refractivity contribution in [3.05, 3.63) is 35.1 Å². The minimum atomic E-state index is -0.416. The summed E-state index contributed by atoms with van der Waals surface area (Å²) in [6.07, 6.45) is 4.39. The van der Waals surface area contributed by atoms with Crippen molar-refractivity contribution in [3.8, 4) is 0 Å². The number of carbonyl (C=O) groups excluding carboxylic acids is 1. The lowest BCUT2D eigenvalue weighted by Crippen LogP contribution is -2.31. The van der Waals surface area contributed by atoms with Gasteiger partial charge in [0.1, 0.15) is 5.82 Å². The lowest BCUT2D eigenvalue weighted by Gasteiger charge is -2.37. The third-order valence-electron chi connectivity index (χ3n) is 3.14. The van der Waals surface area contributed by atoms with E-state index in [-0.39, 0.29) is 5.82 Å². The van der Waals surface area contributed by atoms with Crippen LogP contribution >= 0.6 is 0 Å². The van der Waals surface area contributed by atoms with Crippen molar-refractivity contribution in [2.45, 2.75) is 31.7 Å². The third-order valence-corrected chi connectivity index (χ3v) is 3.14. The topological polar surface area (TPSA) is 29.4 Å². The van der Waals surface area contributed by atoms with E-state index >= 15 is 0 Å². The summed E-state index contributed by atoms with van der Waals surface area (Å²) in [5.74, 6) is -0.219. The average Bonchev–Trinajstić information content (AvgIpc) is 2.16. The predicted molar refractivity (Wildman–Crippen MR) is 54.8 cm³/mol. The molecule has 0 spiro atoms. The van der Waals surface area contributed by atoms with Crippen LogP contribution in [-0.2, 0) is 10.3 Å². The molecule has 0 atom stereocenters. The fourth-order valence-corrected chi connectivity index (χ4v) is 2.00. The summed E-state index contributed by atoms with van der Waals surface area (Å²) < 4.78 is 13.1. The molecule has 0 heterocycles. The number of aryl methyl sites for hydroxylation is 1. The molecular weight excluding hydrogens is 193 g/mol. The van der Waals surface area contributed by atoms with Gasteiger partial charge in [-0.1, -0.05) is 12.1 Å². The Bertz CT molecular complexity index is 431. The van der Waals surface area contributed by atoms with E-state index in [1.54, 1.807) is 25.1 Å². The molecule has 0 aliphatic heterocycles. The second-order valence-electron chi connectivity index (χ2n) is 4.05. The number of rotatable bonds is 2. The molecule has 78 valence electrons. The van der Waals surface area contributed by atoms with Crippen LogP contribution in [0.1, 0.15) is 30.4 Å². The van der Waals surface area contributed by atoms with E-state index < -0.39 is 5.54 Å². The number of halogens is 1. The van der Waals surface area contributed by atoms with Crippen LogP contribution in [0, 0.1) is 12.7 Å². The van der Waals surface area contributed by atoms with Gasteiger partial charge in [-0.15, -0.1) is 0 Å². The molecule has 0 radical (unpaired) electrons. The Morgan fingerprint density at radius 1 is 1.47 bits per heavy atom. The van der Waals surface area contributed by atoms with Crippen LogP contribution in [0.25, 0.3) is 0 Å². The number of aliphatic imine (C=N–C) groups is 1. The fraction of sp³-hybridized carbons (Fsp3) is 0.417. The number of hydrogen-bond donors (Lipinski definition) is 0. The highest BCUT2D eigenvalue weighted by atomic mass is 19.1. The molecular formula is C12H12FNO. The molecule has 0 unspecified atom stereocenters. The van der Waals surface area contributed by atoms with E-state index in [1.807, 2.05) is 0 Å². The summed E-state index contributed by atoms with van der Waals surface area (Å²) >= 11 is 0. The lowest BCUT2D eigenvalue weighted by atomic mass is 9.72. The largest absolute Gasteiger partial charge is 0.235 e. The molecule has 0 amide bonds. The van der Waals surface area contributed by atoms with Gasteiger partial charge in [0.2, 0.25) is 6.08 Å². The summed E-state index contributed by atoms with van der Waals surface area (Å²) in [5, 5.41) is 0. The SMILES string of the molecule is Cc1cc(C2(N=C=O)CCC2)ccc1F. The zero-order valence-corrected chi connectivity index (χ0v) is 8.59. The Kier molecular flexibility index (Phi) is 2.41. The first kappa shape index (κ1) is 10.1. The van der Waals surface area contributed by atoms with E-state index in [0.29, 0.717) is 5.56 Å². The average molecular weight is 205 g/mol. The molecule has 0 N–H and O–H groups in total. The predicted octanol–water partition coefficient (Wildman–Crippen LogP) is 2.85. The minimum Gasteiger partial charge on any atom is -0.211 e. The summed E-state index contributed by atoms with van der Waals surface area (Å²) in [6.45, 7) is 1.72. The Morgan fingerprint density at radius 2 is 2.20 bits per heavy atom. The van der Waals surface area contributed by atoms with Crippen molar-refractivity contribution in [3.63, 3.8) is 0 Å². The van der Waals surface area contributed by atoms with E-state index in [2.05, 4.69) is 4.99 Å². The van der Waals surface area contributed by atoms with Crippen LogP contribution in [0.4, 0.5) is 4.39 Å². The fourth-order valence-electron chi connectivity index (χ4n) is 2.00. The third kappa shape index (κ3) is 1.59. The van der Waals surface area contributed by atoms with Crippen LogP contribution in [0.2, 0.25) is 0 Å². The summed E-state index contributed by atoms with van der Waals surface area (Å²) in [5.41, 5.74) is 1.11. The molecule has 1 fully saturated rings. The first-order valence-corrected chi connectivity index (χ1v) is 5.04. The molecule has 15 heavy (non-hydrogen) atoms. The van der Waals surface area contributed by atoms with E-state index in [9.17, 15) is 9.18 Å². The monoisotopic (exact) mass is 205 g/mol. The van der Waals surface area contributed by atoms with Crippen molar-refractivity contribution in [2.75, 3.05) is 0 Å². The van der Waals surface area contributed by atoms with Crippen LogP contribution in [0.3, 0.4) is 0 Å². The van der Waals surface area contributed by atoms with Crippen molar-refractivity contribution >= 4 is 6.08 Å². The molecule has 1 aliphatic carbocycles. The van der Waals surface area contributed by atoms with E-state index in [1.165, 1.54) is 6.07 Å². The van der Waals surface area contributed by atoms with Gasteiger partial charge in [0.15, 0.2) is 0 Å². The highest BCUT2D eigenvalue weighted by Gasteiger charge is 2.38. The smallest absolute Gasteiger partial charge is 0.211 e. The molecule has 2 rings (SSSR count). The minimum absolute atomic E-state index is 0.219. The molecule has 0 aromatic heterocycles. The van der Waals surface area contributed by atoms with Crippen LogP contribution in [-0.4, -0.2) is 6.08 Å². The van der Waals surface area contributed by atoms with Gasteiger partial charge in [0.05, 0.1) is 5.54 Å². The maximum absolute atomic E-state index is 13.1. The second-order valence-corrected chi connectivity index (χ2v) is 4.05. The number of benzene rings is 1. The highest BCUT2D eigenvalue weighted by molar-refractivity contribution is 5.40. The summed E-state index contributed by atoms with van der Waals surface area (Å²) in [4.78, 5) is 14.2. The second kappa shape index (κ2) is 3.59. The Balaban J connectivity index is 2.43. The highest BCUT2D eigenvalue weighted by Crippen LogP contribution is 2.44. The van der Waals surface area contributed by atoms with Gasteiger partial charge in [-0.05, 0) is 43.4 Å². The van der Waals surface area contributed by atoms with E-state index in [4.69, 9.17) is 0 Å². The number of nitrogens with zero attached hydrogens (tertiary/aromatic N) is 1. The van der Waals surface area contributed by atoms with Crippen molar-refractivity contribution in [2.24, 2.45) is 4.99 Å². The molecule has 0 bridgehead atoms. The molecule has 2 nitrogen and oxygen atoms in total. The summed E-state index contributed by atoms with van der Waals surface area (Å²) in [7, 11) is 0. The molecule has 0 saturated heterocycles. The zero-order chi connectivity index (χ0) is 10.9. The molecule has 3 heteroatoms. The maximum atomic E-state index is 13.1. The molecule has 1 saturated carbocycles. The van der Waals surface area contributed by atoms with Gasteiger partial charge in [-0.3, -0.25) is 0 Å². The van der Waals surface area contributed by atoms with Gasteiger partial charge in [-0.25, -0.2) is 9.18 Å². The quantitative estimate of drug-likeness (QED) is 0.539. The van der Waals surface area contributed by atoms with Gasteiger partial charge >= 0.3 is 0 Å². The van der Waals surface area contributed by atoms with Gasteiger partial charge in [0, 0.05) is 0 Å². The van der Waals surface area contributed by atoms with Crippen molar-refractivity contribution in [1.29, 1.82) is 0 Å². The van der Waals surface area contributed by atoms with Crippen LogP contribution < -0.4 is 0 Å². The first-order chi connectivity index (χ1) is 7.18. The normalized spacial score (nSPS) is 17.7. The maximum Gasteiger partial charge on any atom is 0.235 e. The zero-order valence-electron chi connectivity index (χ0n) is 8.59.